The lowest BCUT2D eigenvalue weighted by atomic mass is 9.85. The maximum atomic E-state index is 6.18. The molecule has 0 bridgehead atoms. The average Bonchev–Trinajstić information content (AvgIpc) is 2.68. The number of nitrogens with zero attached hydrogens (tertiary/aromatic N) is 1. The number of halogens is 2. The van der Waals surface area contributed by atoms with E-state index in [1.54, 1.807) is 0 Å². The van der Waals surface area contributed by atoms with Gasteiger partial charge in [-0.1, -0.05) is 47.5 Å². The molecule has 160 valence electrons. The zero-order chi connectivity index (χ0) is 21.9. The van der Waals surface area contributed by atoms with E-state index in [0.717, 1.165) is 28.8 Å². The number of rotatable bonds is 6. The highest BCUT2D eigenvalue weighted by molar-refractivity contribution is 6.30. The Labute approximate surface area is 191 Å². The molecular formula is C26H31Cl2NO. The van der Waals surface area contributed by atoms with Crippen LogP contribution >= 0.6 is 23.2 Å². The normalized spacial score (nSPS) is 16.6. The van der Waals surface area contributed by atoms with E-state index in [4.69, 9.17) is 27.9 Å². The Morgan fingerprint density at radius 2 is 1.50 bits per heavy atom. The van der Waals surface area contributed by atoms with Crippen molar-refractivity contribution in [2.45, 2.75) is 58.6 Å². The van der Waals surface area contributed by atoms with Gasteiger partial charge in [0.1, 0.15) is 11.4 Å². The van der Waals surface area contributed by atoms with Crippen LogP contribution in [0.3, 0.4) is 0 Å². The lowest BCUT2D eigenvalue weighted by Gasteiger charge is -2.40. The van der Waals surface area contributed by atoms with Crippen molar-refractivity contribution in [1.82, 2.24) is 4.90 Å². The van der Waals surface area contributed by atoms with Crippen LogP contribution in [0.2, 0.25) is 10.0 Å². The Balaban J connectivity index is 1.88. The maximum absolute atomic E-state index is 6.18. The summed E-state index contributed by atoms with van der Waals surface area (Å²) in [7, 11) is 0. The van der Waals surface area contributed by atoms with Gasteiger partial charge in [-0.3, -0.25) is 0 Å². The number of benzene rings is 2. The third-order valence-corrected chi connectivity index (χ3v) is 5.97. The van der Waals surface area contributed by atoms with Crippen molar-refractivity contribution in [2.24, 2.45) is 0 Å². The highest BCUT2D eigenvalue weighted by Crippen LogP contribution is 2.33. The first-order chi connectivity index (χ1) is 14.1. The predicted molar refractivity (Wildman–Crippen MR) is 128 cm³/mol. The van der Waals surface area contributed by atoms with Crippen molar-refractivity contribution in [1.29, 1.82) is 0 Å². The Bertz CT molecular complexity index is 908. The molecule has 2 atom stereocenters. The van der Waals surface area contributed by atoms with Gasteiger partial charge in [-0.2, -0.15) is 0 Å². The zero-order valence-corrected chi connectivity index (χ0v) is 20.0. The van der Waals surface area contributed by atoms with Gasteiger partial charge in [0.25, 0.3) is 0 Å². The smallest absolute Gasteiger partial charge is 0.116 e. The van der Waals surface area contributed by atoms with Gasteiger partial charge in [0, 0.05) is 27.7 Å². The van der Waals surface area contributed by atoms with Crippen molar-refractivity contribution >= 4 is 23.2 Å². The van der Waals surface area contributed by atoms with Crippen LogP contribution in [0.25, 0.3) is 0 Å². The molecule has 0 fully saturated rings. The zero-order valence-electron chi connectivity index (χ0n) is 18.5. The second-order valence-corrected chi connectivity index (χ2v) is 9.89. The van der Waals surface area contributed by atoms with Crippen LogP contribution in [0, 0.1) is 0 Å². The molecule has 3 rings (SSSR count). The van der Waals surface area contributed by atoms with Crippen molar-refractivity contribution in [3.05, 3.63) is 93.3 Å². The summed E-state index contributed by atoms with van der Waals surface area (Å²) in [5, 5.41) is 1.52. The molecule has 1 aliphatic heterocycles. The fourth-order valence-corrected chi connectivity index (χ4v) is 4.20. The topological polar surface area (TPSA) is 12.5 Å². The fraction of sp³-hybridized carbons (Fsp3) is 0.385. The minimum atomic E-state index is -0.210. The van der Waals surface area contributed by atoms with Gasteiger partial charge in [0.2, 0.25) is 0 Å². The standard InChI is InChI=1S/C26H31Cl2NO/c1-18-6-15-24(30-26(3,4)5)17-29(18)19(2)25(21-9-13-23(28)14-10-21)16-20-7-11-22(27)12-8-20/h6-15,19,25H,16-17H2,1-5H3. The molecule has 0 aromatic heterocycles. The fourth-order valence-electron chi connectivity index (χ4n) is 3.95. The van der Waals surface area contributed by atoms with Crippen molar-refractivity contribution in [3.63, 3.8) is 0 Å². The molecule has 30 heavy (non-hydrogen) atoms. The SMILES string of the molecule is CC1=CC=C(OC(C)(C)C)CN1C(C)C(Cc1ccc(Cl)cc1)c1ccc(Cl)cc1. The van der Waals surface area contributed by atoms with Gasteiger partial charge in [-0.05, 0) is 88.6 Å². The van der Waals surface area contributed by atoms with Crippen molar-refractivity contribution < 1.29 is 4.74 Å². The van der Waals surface area contributed by atoms with Crippen LogP contribution in [0.15, 0.2) is 72.1 Å². The molecule has 1 aliphatic rings. The van der Waals surface area contributed by atoms with Gasteiger partial charge in [0.15, 0.2) is 0 Å². The summed E-state index contributed by atoms with van der Waals surface area (Å²) < 4.78 is 6.18. The second-order valence-electron chi connectivity index (χ2n) is 9.01. The van der Waals surface area contributed by atoms with E-state index in [0.29, 0.717) is 5.92 Å². The van der Waals surface area contributed by atoms with Crippen LogP contribution in [0.1, 0.15) is 51.7 Å². The molecule has 0 saturated carbocycles. The molecule has 1 heterocycles. The minimum absolute atomic E-state index is 0.210. The third kappa shape index (κ3) is 6.06. The molecular weight excluding hydrogens is 413 g/mol. The van der Waals surface area contributed by atoms with Gasteiger partial charge in [-0.25, -0.2) is 0 Å². The summed E-state index contributed by atoms with van der Waals surface area (Å²) in [6, 6.07) is 16.7. The number of ether oxygens (including phenoxy) is 1. The summed E-state index contributed by atoms with van der Waals surface area (Å²) in [6.07, 6.45) is 5.17. The molecule has 0 radical (unpaired) electrons. The van der Waals surface area contributed by atoms with E-state index in [9.17, 15) is 0 Å². The van der Waals surface area contributed by atoms with Gasteiger partial charge < -0.3 is 9.64 Å². The molecule has 2 nitrogen and oxygen atoms in total. The largest absolute Gasteiger partial charge is 0.491 e. The number of allylic oxidation sites excluding steroid dienone is 3. The second kappa shape index (κ2) is 9.49. The Morgan fingerprint density at radius 1 is 0.933 bits per heavy atom. The first kappa shape index (κ1) is 22.8. The third-order valence-electron chi connectivity index (χ3n) is 5.47. The Kier molecular flexibility index (Phi) is 7.21. The first-order valence-electron chi connectivity index (χ1n) is 10.5. The molecule has 0 N–H and O–H groups in total. The summed E-state index contributed by atoms with van der Waals surface area (Å²) in [6.45, 7) is 11.5. The van der Waals surface area contributed by atoms with E-state index in [-0.39, 0.29) is 11.6 Å². The van der Waals surface area contributed by atoms with E-state index in [1.165, 1.54) is 16.8 Å². The molecule has 0 saturated heterocycles. The minimum Gasteiger partial charge on any atom is -0.491 e. The highest BCUT2D eigenvalue weighted by Gasteiger charge is 2.29. The van der Waals surface area contributed by atoms with E-state index in [1.807, 2.05) is 24.3 Å². The number of hydrogen-bond acceptors (Lipinski definition) is 2. The van der Waals surface area contributed by atoms with Crippen molar-refractivity contribution in [2.75, 3.05) is 6.54 Å². The van der Waals surface area contributed by atoms with Gasteiger partial charge in [0.05, 0.1) is 6.54 Å². The highest BCUT2D eigenvalue weighted by atomic mass is 35.5. The van der Waals surface area contributed by atoms with E-state index in [2.05, 4.69) is 75.9 Å². The van der Waals surface area contributed by atoms with E-state index >= 15 is 0 Å². The maximum Gasteiger partial charge on any atom is 0.116 e. The Morgan fingerprint density at radius 3 is 2.07 bits per heavy atom. The van der Waals surface area contributed by atoms with Crippen LogP contribution in [0.4, 0.5) is 0 Å². The molecule has 0 spiro atoms. The monoisotopic (exact) mass is 443 g/mol. The van der Waals surface area contributed by atoms with E-state index < -0.39 is 0 Å². The summed E-state index contributed by atoms with van der Waals surface area (Å²) in [5.74, 6) is 1.29. The Hall–Kier alpha value is -1.90. The summed E-state index contributed by atoms with van der Waals surface area (Å²) in [4.78, 5) is 2.44. The molecule has 2 unspecified atom stereocenters. The molecule has 0 amide bonds. The van der Waals surface area contributed by atoms with Crippen LogP contribution < -0.4 is 0 Å². The van der Waals surface area contributed by atoms with Crippen LogP contribution in [-0.4, -0.2) is 23.1 Å². The molecule has 2 aromatic rings. The summed E-state index contributed by atoms with van der Waals surface area (Å²) >= 11 is 12.3. The number of hydrogen-bond donors (Lipinski definition) is 0. The van der Waals surface area contributed by atoms with Crippen LogP contribution in [0.5, 0.6) is 0 Å². The molecule has 2 aromatic carbocycles. The predicted octanol–water partition coefficient (Wildman–Crippen LogP) is 7.63. The average molecular weight is 444 g/mol. The molecule has 4 heteroatoms. The van der Waals surface area contributed by atoms with Gasteiger partial charge in [-0.15, -0.1) is 0 Å². The quantitative estimate of drug-likeness (QED) is 0.454. The van der Waals surface area contributed by atoms with Crippen LogP contribution in [-0.2, 0) is 11.2 Å². The van der Waals surface area contributed by atoms with Crippen molar-refractivity contribution in [3.8, 4) is 0 Å². The lowest BCUT2D eigenvalue weighted by Crippen LogP contribution is -2.40. The molecule has 0 aliphatic carbocycles. The first-order valence-corrected chi connectivity index (χ1v) is 11.2. The summed E-state index contributed by atoms with van der Waals surface area (Å²) in [5.41, 5.74) is 3.59. The lowest BCUT2D eigenvalue weighted by molar-refractivity contribution is 0.0360. The van der Waals surface area contributed by atoms with Gasteiger partial charge >= 0.3 is 0 Å².